The van der Waals surface area contributed by atoms with Crippen LogP contribution in [-0.2, 0) is 25.7 Å². The van der Waals surface area contributed by atoms with Gasteiger partial charge in [-0.15, -0.1) is 0 Å². The van der Waals surface area contributed by atoms with Crippen LogP contribution in [0.15, 0.2) is 12.2 Å². The van der Waals surface area contributed by atoms with Crippen LogP contribution < -0.4 is 0 Å². The van der Waals surface area contributed by atoms with Crippen LogP contribution in [0.5, 0.6) is 0 Å². The minimum absolute atomic E-state index is 1.32. The molecular formula is C5H8O2Ti. The number of allylic oxidation sites excluding steroid dienone is 2. The van der Waals surface area contributed by atoms with Crippen LogP contribution >= 0.6 is 0 Å². The van der Waals surface area contributed by atoms with E-state index in [9.17, 15) is 0 Å². The molecule has 0 aromatic rings. The molecule has 2 nitrogen and oxygen atoms in total. The molecule has 0 saturated heterocycles. The Hall–Kier alpha value is 0.0543. The van der Waals surface area contributed by atoms with Gasteiger partial charge in [0, 0.05) is 0 Å². The molecule has 1 aliphatic carbocycles. The van der Waals surface area contributed by atoms with Crippen molar-refractivity contribution in [3.63, 3.8) is 0 Å². The molecule has 0 saturated carbocycles. The second kappa shape index (κ2) is 7.05. The Labute approximate surface area is 57.5 Å². The van der Waals surface area contributed by atoms with Crippen LogP contribution in [-0.4, -0.2) is 0 Å². The molecule has 1 aliphatic rings. The molecule has 0 aliphatic heterocycles. The molecule has 0 N–H and O–H groups in total. The average molecular weight is 148 g/mol. The van der Waals surface area contributed by atoms with E-state index in [0.29, 0.717) is 0 Å². The van der Waals surface area contributed by atoms with E-state index in [1.54, 1.807) is 0 Å². The van der Waals surface area contributed by atoms with Crippen molar-refractivity contribution >= 4 is 0 Å². The molecule has 3 heteroatoms. The van der Waals surface area contributed by atoms with E-state index < -0.39 is 19.1 Å². The number of hydrogen-bond donors (Lipinski definition) is 0. The van der Waals surface area contributed by atoms with E-state index in [1.165, 1.54) is 19.3 Å². The third-order valence-electron chi connectivity index (χ3n) is 0.908. The van der Waals surface area contributed by atoms with Gasteiger partial charge in [-0.25, -0.2) is 0 Å². The molecule has 0 aromatic carbocycles. The van der Waals surface area contributed by atoms with E-state index >= 15 is 0 Å². The maximum absolute atomic E-state index is 8.50. The van der Waals surface area contributed by atoms with Crippen molar-refractivity contribution in [2.45, 2.75) is 19.3 Å². The Morgan fingerprint density at radius 2 is 1.50 bits per heavy atom. The van der Waals surface area contributed by atoms with Crippen LogP contribution in [0, 0.1) is 0 Å². The normalized spacial score (nSPS) is 14.0. The molecule has 0 heterocycles. The van der Waals surface area contributed by atoms with Crippen molar-refractivity contribution in [1.82, 2.24) is 0 Å². The van der Waals surface area contributed by atoms with E-state index in [1.807, 2.05) is 0 Å². The molecule has 0 bridgehead atoms. The SMILES string of the molecule is C1=CCCC1.[O]=[Ti]=[O]. The van der Waals surface area contributed by atoms with Crippen molar-refractivity contribution in [2.75, 3.05) is 0 Å². The molecule has 1 rings (SSSR count). The van der Waals surface area contributed by atoms with Gasteiger partial charge in [-0.2, -0.15) is 0 Å². The van der Waals surface area contributed by atoms with E-state index in [0.717, 1.165) is 0 Å². The second-order valence-corrected chi connectivity index (χ2v) is 1.75. The Bertz CT molecular complexity index is 97.0. The minimum atomic E-state index is -2.00. The van der Waals surface area contributed by atoms with Crippen molar-refractivity contribution < 1.29 is 25.7 Å². The van der Waals surface area contributed by atoms with E-state index in [4.69, 9.17) is 6.65 Å². The van der Waals surface area contributed by atoms with Crippen molar-refractivity contribution in [2.24, 2.45) is 0 Å². The van der Waals surface area contributed by atoms with Crippen molar-refractivity contribution in [3.05, 3.63) is 12.2 Å². The zero-order chi connectivity index (χ0) is 6.24. The Morgan fingerprint density at radius 1 is 1.12 bits per heavy atom. The molecule has 0 amide bonds. The first-order valence-electron chi connectivity index (χ1n) is 2.56. The summed E-state index contributed by atoms with van der Waals surface area (Å²) in [4.78, 5) is 0. The van der Waals surface area contributed by atoms with Gasteiger partial charge in [0.2, 0.25) is 0 Å². The van der Waals surface area contributed by atoms with Crippen LogP contribution in [0.2, 0.25) is 0 Å². The van der Waals surface area contributed by atoms with Gasteiger partial charge in [-0.05, 0) is 19.3 Å². The summed E-state index contributed by atoms with van der Waals surface area (Å²) in [5, 5.41) is 0. The van der Waals surface area contributed by atoms with Crippen LogP contribution in [0.25, 0.3) is 0 Å². The fraction of sp³-hybridized carbons (Fsp3) is 0.600. The first-order chi connectivity index (χ1) is 3.91. The van der Waals surface area contributed by atoms with Gasteiger partial charge >= 0.3 is 25.7 Å². The zero-order valence-electron chi connectivity index (χ0n) is 4.59. The van der Waals surface area contributed by atoms with Gasteiger partial charge in [0.15, 0.2) is 0 Å². The average Bonchev–Trinajstić information content (AvgIpc) is 2.17. The Kier molecular flexibility index (Phi) is 7.10. The summed E-state index contributed by atoms with van der Waals surface area (Å²) < 4.78 is 17.0. The van der Waals surface area contributed by atoms with Crippen molar-refractivity contribution in [3.8, 4) is 0 Å². The molecule has 8 heavy (non-hydrogen) atoms. The predicted molar refractivity (Wildman–Crippen MR) is 24.4 cm³/mol. The van der Waals surface area contributed by atoms with Gasteiger partial charge in [0.05, 0.1) is 0 Å². The maximum atomic E-state index is 8.50. The van der Waals surface area contributed by atoms with Crippen LogP contribution in [0.4, 0.5) is 0 Å². The molecule has 0 atom stereocenters. The monoisotopic (exact) mass is 148 g/mol. The second-order valence-electron chi connectivity index (χ2n) is 1.49. The van der Waals surface area contributed by atoms with Gasteiger partial charge in [-0.3, -0.25) is 0 Å². The topological polar surface area (TPSA) is 34.1 Å². The zero-order valence-corrected chi connectivity index (χ0v) is 6.15. The van der Waals surface area contributed by atoms with Gasteiger partial charge < -0.3 is 0 Å². The van der Waals surface area contributed by atoms with Gasteiger partial charge in [0.1, 0.15) is 0 Å². The number of hydrogen-bond acceptors (Lipinski definition) is 2. The summed E-state index contributed by atoms with van der Waals surface area (Å²) in [5.41, 5.74) is 0. The summed E-state index contributed by atoms with van der Waals surface area (Å²) in [7, 11) is 0. The first kappa shape index (κ1) is 8.05. The predicted octanol–water partition coefficient (Wildman–Crippen LogP) is 1.49. The van der Waals surface area contributed by atoms with Crippen LogP contribution in [0.1, 0.15) is 19.3 Å². The summed E-state index contributed by atoms with van der Waals surface area (Å²) >= 11 is -2.00. The van der Waals surface area contributed by atoms with Crippen LogP contribution in [0.3, 0.4) is 0 Å². The third-order valence-corrected chi connectivity index (χ3v) is 0.908. The summed E-state index contributed by atoms with van der Waals surface area (Å²) in [5.74, 6) is 0. The van der Waals surface area contributed by atoms with Gasteiger partial charge in [-0.1, -0.05) is 12.2 Å². The molecule has 0 unspecified atom stereocenters. The fourth-order valence-corrected chi connectivity index (χ4v) is 0.589. The third kappa shape index (κ3) is 6.05. The Morgan fingerprint density at radius 3 is 1.62 bits per heavy atom. The van der Waals surface area contributed by atoms with E-state index in [-0.39, 0.29) is 0 Å². The quantitative estimate of drug-likeness (QED) is 0.385. The molecular weight excluding hydrogens is 140 g/mol. The fourth-order valence-electron chi connectivity index (χ4n) is 0.589. The summed E-state index contributed by atoms with van der Waals surface area (Å²) in [6.45, 7) is 0. The van der Waals surface area contributed by atoms with Crippen molar-refractivity contribution in [1.29, 1.82) is 0 Å². The molecule has 0 spiro atoms. The molecule has 44 valence electrons. The standard InChI is InChI=1S/C5H8.2O.Ti/c1-2-4-5-3-1;;;/h1-2H,3-5H2;;;. The summed E-state index contributed by atoms with van der Waals surface area (Å²) in [6, 6.07) is 0. The number of rotatable bonds is 0. The molecule has 0 fully saturated rings. The van der Waals surface area contributed by atoms with Gasteiger partial charge in [0.25, 0.3) is 0 Å². The van der Waals surface area contributed by atoms with E-state index in [2.05, 4.69) is 12.2 Å². The molecule has 0 radical (unpaired) electrons. The molecule has 0 aromatic heterocycles. The summed E-state index contributed by atoms with van der Waals surface area (Å²) in [6.07, 6.45) is 8.50. The Balaban J connectivity index is 0.000000145. The first-order valence-corrected chi connectivity index (χ1v) is 3.83.